The quantitative estimate of drug-likeness (QED) is 0.884. The van der Waals surface area contributed by atoms with Crippen molar-refractivity contribution in [1.29, 1.82) is 0 Å². The minimum absolute atomic E-state index is 0.513. The van der Waals surface area contributed by atoms with Crippen molar-refractivity contribution in [2.45, 2.75) is 6.10 Å². The van der Waals surface area contributed by atoms with Gasteiger partial charge in [0.2, 0.25) is 0 Å². The monoisotopic (exact) mass is 287 g/mol. The van der Waals surface area contributed by atoms with Gasteiger partial charge in [-0.25, -0.2) is 0 Å². The zero-order valence-electron chi connectivity index (χ0n) is 12.2. The molecular formula is C16H21N3O2. The van der Waals surface area contributed by atoms with Crippen molar-refractivity contribution in [3.63, 3.8) is 0 Å². The molecule has 1 aliphatic rings. The first-order chi connectivity index (χ1) is 10.3. The summed E-state index contributed by atoms with van der Waals surface area (Å²) in [5.41, 5.74) is 1.72. The number of hydrogen-bond donors (Lipinski definition) is 2. The van der Waals surface area contributed by atoms with Crippen molar-refractivity contribution in [3.8, 4) is 5.75 Å². The first-order valence-electron chi connectivity index (χ1n) is 7.32. The van der Waals surface area contributed by atoms with Gasteiger partial charge in [0.15, 0.2) is 0 Å². The van der Waals surface area contributed by atoms with Gasteiger partial charge in [-0.2, -0.15) is 0 Å². The lowest BCUT2D eigenvalue weighted by atomic mass is 10.0. The van der Waals surface area contributed by atoms with Gasteiger partial charge in [0.25, 0.3) is 0 Å². The molecule has 0 saturated carbocycles. The van der Waals surface area contributed by atoms with Gasteiger partial charge in [-0.05, 0) is 17.7 Å². The summed E-state index contributed by atoms with van der Waals surface area (Å²) in [6, 6.07) is 7.70. The Bertz CT molecular complexity index is 611. The second-order valence-corrected chi connectivity index (χ2v) is 5.32. The standard InChI is InChI=1S/C16H21N3O2/c1-21-15-5-4-12(13-3-2-6-18-16(13)15)14(20)11-19-9-7-17-8-10-19/h2-6,14,17,20H,7-11H2,1H3. The molecular weight excluding hydrogens is 266 g/mol. The topological polar surface area (TPSA) is 57.6 Å². The number of nitrogens with one attached hydrogen (secondary N) is 1. The van der Waals surface area contributed by atoms with E-state index in [1.54, 1.807) is 13.3 Å². The molecule has 1 atom stereocenters. The molecule has 2 N–H and O–H groups in total. The van der Waals surface area contributed by atoms with E-state index in [9.17, 15) is 5.11 Å². The van der Waals surface area contributed by atoms with Gasteiger partial charge in [-0.3, -0.25) is 9.88 Å². The number of pyridine rings is 1. The number of hydrogen-bond acceptors (Lipinski definition) is 5. The van der Waals surface area contributed by atoms with Crippen LogP contribution in [0.1, 0.15) is 11.7 Å². The molecule has 0 amide bonds. The van der Waals surface area contributed by atoms with Gasteiger partial charge in [-0.1, -0.05) is 12.1 Å². The van der Waals surface area contributed by atoms with Crippen LogP contribution in [-0.2, 0) is 0 Å². The highest BCUT2D eigenvalue weighted by atomic mass is 16.5. The number of β-amino-alcohol motifs (C(OH)–C–C–N with tert-alkyl or cyclic N) is 1. The minimum atomic E-state index is -0.513. The third-order valence-electron chi connectivity index (χ3n) is 3.99. The molecule has 3 rings (SSSR count). The van der Waals surface area contributed by atoms with Crippen molar-refractivity contribution in [2.75, 3.05) is 39.8 Å². The summed E-state index contributed by atoms with van der Waals surface area (Å²) in [6.07, 6.45) is 1.23. The van der Waals surface area contributed by atoms with Crippen LogP contribution in [-0.4, -0.2) is 54.8 Å². The molecule has 1 aromatic carbocycles. The smallest absolute Gasteiger partial charge is 0.145 e. The third kappa shape index (κ3) is 3.00. The van der Waals surface area contributed by atoms with Crippen LogP contribution >= 0.6 is 0 Å². The molecule has 112 valence electrons. The van der Waals surface area contributed by atoms with Crippen molar-refractivity contribution in [1.82, 2.24) is 15.2 Å². The predicted molar refractivity (Wildman–Crippen MR) is 82.6 cm³/mol. The first kappa shape index (κ1) is 14.3. The maximum absolute atomic E-state index is 10.6. The molecule has 1 saturated heterocycles. The summed E-state index contributed by atoms with van der Waals surface area (Å²) in [6.45, 7) is 4.57. The lowest BCUT2D eigenvalue weighted by Gasteiger charge is -2.29. The lowest BCUT2D eigenvalue weighted by molar-refractivity contribution is 0.106. The van der Waals surface area contributed by atoms with E-state index < -0.39 is 6.10 Å². The molecule has 1 aromatic heterocycles. The molecule has 1 unspecified atom stereocenters. The van der Waals surface area contributed by atoms with E-state index in [0.29, 0.717) is 6.54 Å². The Morgan fingerprint density at radius 1 is 1.33 bits per heavy atom. The molecule has 1 aliphatic heterocycles. The number of benzene rings is 1. The van der Waals surface area contributed by atoms with E-state index in [2.05, 4.69) is 15.2 Å². The number of aromatic nitrogens is 1. The average molecular weight is 287 g/mol. The number of aliphatic hydroxyl groups is 1. The lowest BCUT2D eigenvalue weighted by Crippen LogP contribution is -2.44. The van der Waals surface area contributed by atoms with Crippen LogP contribution < -0.4 is 10.1 Å². The van der Waals surface area contributed by atoms with Crippen LogP contribution in [0.3, 0.4) is 0 Å². The van der Waals surface area contributed by atoms with Crippen LogP contribution in [0.5, 0.6) is 5.75 Å². The van der Waals surface area contributed by atoms with Crippen LogP contribution in [0.4, 0.5) is 0 Å². The highest BCUT2D eigenvalue weighted by molar-refractivity contribution is 5.87. The molecule has 2 heterocycles. The second-order valence-electron chi connectivity index (χ2n) is 5.32. The number of aliphatic hydroxyl groups excluding tert-OH is 1. The normalized spacial score (nSPS) is 17.8. The van der Waals surface area contributed by atoms with Crippen molar-refractivity contribution in [3.05, 3.63) is 36.0 Å². The highest BCUT2D eigenvalue weighted by Crippen LogP contribution is 2.30. The molecule has 21 heavy (non-hydrogen) atoms. The number of methoxy groups -OCH3 is 1. The van der Waals surface area contributed by atoms with E-state index >= 15 is 0 Å². The molecule has 5 nitrogen and oxygen atoms in total. The van der Waals surface area contributed by atoms with Crippen molar-refractivity contribution < 1.29 is 9.84 Å². The van der Waals surface area contributed by atoms with Crippen molar-refractivity contribution in [2.24, 2.45) is 0 Å². The summed E-state index contributed by atoms with van der Waals surface area (Å²) in [5, 5.41) is 14.9. The largest absolute Gasteiger partial charge is 0.494 e. The molecule has 5 heteroatoms. The molecule has 0 bridgehead atoms. The van der Waals surface area contributed by atoms with Gasteiger partial charge < -0.3 is 15.2 Å². The molecule has 0 spiro atoms. The van der Waals surface area contributed by atoms with Gasteiger partial charge >= 0.3 is 0 Å². The summed E-state index contributed by atoms with van der Waals surface area (Å²) in [5.74, 6) is 0.740. The van der Waals surface area contributed by atoms with E-state index in [0.717, 1.165) is 48.4 Å². The Hall–Kier alpha value is -1.69. The second kappa shape index (κ2) is 6.39. The molecule has 1 fully saturated rings. The average Bonchev–Trinajstić information content (AvgIpc) is 2.54. The summed E-state index contributed by atoms with van der Waals surface area (Å²) < 4.78 is 5.35. The predicted octanol–water partition coefficient (Wildman–Crippen LogP) is 1.18. The Balaban J connectivity index is 1.89. The number of nitrogens with zero attached hydrogens (tertiary/aromatic N) is 2. The number of fused-ring (bicyclic) bond motifs is 1. The van der Waals surface area contributed by atoms with Gasteiger partial charge in [0, 0.05) is 44.3 Å². The summed E-state index contributed by atoms with van der Waals surface area (Å²) in [7, 11) is 1.64. The third-order valence-corrected chi connectivity index (χ3v) is 3.99. The van der Waals surface area contributed by atoms with Gasteiger partial charge in [0.05, 0.1) is 13.2 Å². The highest BCUT2D eigenvalue weighted by Gasteiger charge is 2.18. The molecule has 0 aliphatic carbocycles. The van der Waals surface area contributed by atoms with E-state index in [1.807, 2.05) is 24.3 Å². The number of piperazine rings is 1. The van der Waals surface area contributed by atoms with Crippen molar-refractivity contribution >= 4 is 10.9 Å². The van der Waals surface area contributed by atoms with Gasteiger partial charge in [0.1, 0.15) is 11.3 Å². The molecule has 0 radical (unpaired) electrons. The minimum Gasteiger partial charge on any atom is -0.494 e. The number of rotatable bonds is 4. The van der Waals surface area contributed by atoms with Gasteiger partial charge in [-0.15, -0.1) is 0 Å². The Morgan fingerprint density at radius 2 is 2.14 bits per heavy atom. The fourth-order valence-corrected chi connectivity index (χ4v) is 2.86. The Labute approximate surface area is 124 Å². The van der Waals surface area contributed by atoms with Crippen LogP contribution in [0.25, 0.3) is 10.9 Å². The number of ether oxygens (including phenoxy) is 1. The summed E-state index contributed by atoms with van der Waals surface area (Å²) in [4.78, 5) is 6.67. The van der Waals surface area contributed by atoms with E-state index in [-0.39, 0.29) is 0 Å². The van der Waals surface area contributed by atoms with E-state index in [4.69, 9.17) is 4.74 Å². The molecule has 2 aromatic rings. The van der Waals surface area contributed by atoms with Crippen LogP contribution in [0.2, 0.25) is 0 Å². The fraction of sp³-hybridized carbons (Fsp3) is 0.438. The van der Waals surface area contributed by atoms with Crippen LogP contribution in [0.15, 0.2) is 30.5 Å². The first-order valence-corrected chi connectivity index (χ1v) is 7.32. The fourth-order valence-electron chi connectivity index (χ4n) is 2.86. The van der Waals surface area contributed by atoms with Crippen LogP contribution in [0, 0.1) is 0 Å². The summed E-state index contributed by atoms with van der Waals surface area (Å²) >= 11 is 0. The Morgan fingerprint density at radius 3 is 2.90 bits per heavy atom. The maximum atomic E-state index is 10.6. The Kier molecular flexibility index (Phi) is 4.34. The maximum Gasteiger partial charge on any atom is 0.145 e. The zero-order valence-corrected chi connectivity index (χ0v) is 12.2. The zero-order chi connectivity index (χ0) is 14.7. The van der Waals surface area contributed by atoms with E-state index in [1.165, 1.54) is 0 Å². The SMILES string of the molecule is COc1ccc(C(O)CN2CCNCC2)c2cccnc12.